The Morgan fingerprint density at radius 3 is 2.00 bits per heavy atom. The van der Waals surface area contributed by atoms with Crippen molar-refractivity contribution in [2.24, 2.45) is 0 Å². The molecular weight excluding hydrogens is 111 g/mol. The van der Waals surface area contributed by atoms with Crippen molar-refractivity contribution in [3.8, 4) is 0 Å². The predicted octanol–water partition coefficient (Wildman–Crippen LogP) is 2.26. The van der Waals surface area contributed by atoms with Gasteiger partial charge in [0.15, 0.2) is 0 Å². The summed E-state index contributed by atoms with van der Waals surface area (Å²) >= 11 is 0. The van der Waals surface area contributed by atoms with Crippen molar-refractivity contribution in [2.75, 3.05) is 6.67 Å². The predicted molar refractivity (Wildman–Crippen MR) is 35.9 cm³/mol. The highest BCUT2D eigenvalue weighted by molar-refractivity contribution is 7.59. The molecule has 0 aliphatic carbocycles. The Kier molecular flexibility index (Phi) is 14.1. The van der Waals surface area contributed by atoms with Crippen molar-refractivity contribution in [1.29, 1.82) is 0 Å². The van der Waals surface area contributed by atoms with Crippen LogP contribution in [0.2, 0.25) is 0 Å². The Morgan fingerprint density at radius 1 is 1.29 bits per heavy atom. The molecule has 0 N–H and O–H groups in total. The van der Waals surface area contributed by atoms with E-state index in [-0.39, 0.29) is 20.2 Å². The Balaban J connectivity index is 0. The minimum Gasteiger partial charge on any atom is -0.251 e. The largest absolute Gasteiger partial charge is 0.251 e. The average molecular weight is 124 g/mol. The van der Waals surface area contributed by atoms with Crippen molar-refractivity contribution >= 4 is 13.5 Å². The molecule has 0 saturated carbocycles. The zero-order valence-corrected chi connectivity index (χ0v) is 5.71. The molecule has 0 spiro atoms. The van der Waals surface area contributed by atoms with Gasteiger partial charge in [0.1, 0.15) is 0 Å². The van der Waals surface area contributed by atoms with E-state index < -0.39 is 0 Å². The minimum absolute atomic E-state index is 0. The molecule has 0 aromatic heterocycles. The molecule has 0 aliphatic heterocycles. The summed E-state index contributed by atoms with van der Waals surface area (Å²) in [5, 5.41) is 0. The van der Waals surface area contributed by atoms with Crippen molar-refractivity contribution in [2.45, 2.75) is 26.2 Å². The lowest BCUT2D eigenvalue weighted by Crippen LogP contribution is -1.72. The van der Waals surface area contributed by atoms with Gasteiger partial charge in [-0.3, -0.25) is 4.39 Å². The van der Waals surface area contributed by atoms with Crippen LogP contribution in [0.25, 0.3) is 0 Å². The molecule has 0 aromatic rings. The van der Waals surface area contributed by atoms with Crippen LogP contribution < -0.4 is 0 Å². The Labute approximate surface area is 51.6 Å². The van der Waals surface area contributed by atoms with E-state index in [2.05, 4.69) is 6.92 Å². The highest BCUT2D eigenvalue weighted by Crippen LogP contribution is 1.91. The molecule has 0 aromatic carbocycles. The summed E-state index contributed by atoms with van der Waals surface area (Å²) in [6, 6.07) is 0. The molecule has 46 valence electrons. The normalized spacial score (nSPS) is 7.71. The molecule has 0 saturated heterocycles. The number of hydrogen-bond donors (Lipinski definition) is 0. The van der Waals surface area contributed by atoms with Crippen LogP contribution in [0, 0.1) is 0 Å². The average Bonchev–Trinajstić information content (AvgIpc) is 1.61. The number of unbranched alkanes of at least 4 members (excludes halogenated alkanes) is 2. The van der Waals surface area contributed by atoms with Gasteiger partial charge in [-0.05, 0) is 6.42 Å². The molecule has 0 rings (SSSR count). The van der Waals surface area contributed by atoms with Crippen LogP contribution in [0.5, 0.6) is 0 Å². The maximum atomic E-state index is 11.2. The van der Waals surface area contributed by atoms with E-state index in [0.29, 0.717) is 0 Å². The highest BCUT2D eigenvalue weighted by Gasteiger charge is 1.78. The third kappa shape index (κ3) is 10.7. The van der Waals surface area contributed by atoms with Crippen molar-refractivity contribution in [1.82, 2.24) is 0 Å². The first-order valence-electron chi connectivity index (χ1n) is 2.47. The second kappa shape index (κ2) is 9.56. The summed E-state index contributed by atoms with van der Waals surface area (Å²) in [4.78, 5) is 0. The topological polar surface area (TPSA) is 0 Å². The van der Waals surface area contributed by atoms with E-state index in [9.17, 15) is 4.39 Å². The van der Waals surface area contributed by atoms with E-state index in [1.165, 1.54) is 0 Å². The molecule has 7 heavy (non-hydrogen) atoms. The summed E-state index contributed by atoms with van der Waals surface area (Å²) in [5.41, 5.74) is 0. The van der Waals surface area contributed by atoms with Crippen molar-refractivity contribution in [3.05, 3.63) is 0 Å². The van der Waals surface area contributed by atoms with Crippen LogP contribution in [0.4, 0.5) is 4.39 Å². The standard InChI is InChI=1S/C5H11F.H2S/c1-2-3-4-5-6;/h2-5H2,1H3;1H2. The summed E-state index contributed by atoms with van der Waals surface area (Å²) in [7, 11) is 0. The van der Waals surface area contributed by atoms with Gasteiger partial charge in [0.2, 0.25) is 0 Å². The molecule has 0 atom stereocenters. The molecule has 0 radical (unpaired) electrons. The lowest BCUT2D eigenvalue weighted by molar-refractivity contribution is 0.460. The molecular formula is C5H13FS. The maximum absolute atomic E-state index is 11.2. The van der Waals surface area contributed by atoms with Crippen LogP contribution in [-0.4, -0.2) is 6.67 Å². The molecule has 0 fully saturated rings. The van der Waals surface area contributed by atoms with Gasteiger partial charge in [-0.25, -0.2) is 0 Å². The zero-order valence-electron chi connectivity index (χ0n) is 4.71. The van der Waals surface area contributed by atoms with Crippen LogP contribution in [0.15, 0.2) is 0 Å². The van der Waals surface area contributed by atoms with Gasteiger partial charge in [0.25, 0.3) is 0 Å². The number of rotatable bonds is 3. The Bertz CT molecular complexity index is 20.0. The van der Waals surface area contributed by atoms with E-state index in [0.717, 1.165) is 19.3 Å². The molecule has 2 heteroatoms. The minimum atomic E-state index is -0.145. The quantitative estimate of drug-likeness (QED) is 0.506. The van der Waals surface area contributed by atoms with E-state index in [1.807, 2.05) is 0 Å². The summed E-state index contributed by atoms with van der Waals surface area (Å²) in [6.07, 6.45) is 2.90. The summed E-state index contributed by atoms with van der Waals surface area (Å²) in [5.74, 6) is 0. The fraction of sp³-hybridized carbons (Fsp3) is 1.00. The van der Waals surface area contributed by atoms with Crippen LogP contribution >= 0.6 is 13.5 Å². The highest BCUT2D eigenvalue weighted by atomic mass is 32.1. The molecule has 0 nitrogen and oxygen atoms in total. The van der Waals surface area contributed by atoms with Gasteiger partial charge in [-0.1, -0.05) is 19.8 Å². The van der Waals surface area contributed by atoms with E-state index >= 15 is 0 Å². The molecule has 0 heterocycles. The monoisotopic (exact) mass is 124 g/mol. The van der Waals surface area contributed by atoms with Crippen LogP contribution in [-0.2, 0) is 0 Å². The van der Waals surface area contributed by atoms with Gasteiger partial charge >= 0.3 is 0 Å². The number of alkyl halides is 1. The Morgan fingerprint density at radius 2 is 1.86 bits per heavy atom. The zero-order chi connectivity index (χ0) is 4.83. The summed E-state index contributed by atoms with van der Waals surface area (Å²) in [6.45, 7) is 1.92. The third-order valence-electron chi connectivity index (χ3n) is 0.737. The fourth-order valence-corrected chi connectivity index (χ4v) is 0.344. The third-order valence-corrected chi connectivity index (χ3v) is 0.737. The van der Waals surface area contributed by atoms with Gasteiger partial charge in [0, 0.05) is 0 Å². The molecule has 0 amide bonds. The lowest BCUT2D eigenvalue weighted by atomic mass is 10.3. The van der Waals surface area contributed by atoms with Gasteiger partial charge < -0.3 is 0 Å². The Hall–Kier alpha value is 0.280. The van der Waals surface area contributed by atoms with Crippen LogP contribution in [0.1, 0.15) is 26.2 Å². The van der Waals surface area contributed by atoms with Gasteiger partial charge in [-0.2, -0.15) is 13.5 Å². The first kappa shape index (κ1) is 10.3. The lowest BCUT2D eigenvalue weighted by Gasteiger charge is -1.84. The molecule has 0 bridgehead atoms. The summed E-state index contributed by atoms with van der Waals surface area (Å²) < 4.78 is 11.2. The first-order chi connectivity index (χ1) is 2.91. The first-order valence-corrected chi connectivity index (χ1v) is 2.47. The maximum Gasteiger partial charge on any atom is 0.0894 e. The SMILES string of the molecule is CCCCCF.S. The van der Waals surface area contributed by atoms with E-state index in [1.54, 1.807) is 0 Å². The number of halogens is 1. The van der Waals surface area contributed by atoms with Gasteiger partial charge in [-0.15, -0.1) is 0 Å². The number of hydrogen-bond acceptors (Lipinski definition) is 0. The van der Waals surface area contributed by atoms with Crippen LogP contribution in [0.3, 0.4) is 0 Å². The van der Waals surface area contributed by atoms with E-state index in [4.69, 9.17) is 0 Å². The van der Waals surface area contributed by atoms with Gasteiger partial charge in [0.05, 0.1) is 6.67 Å². The van der Waals surface area contributed by atoms with Crippen molar-refractivity contribution in [3.63, 3.8) is 0 Å². The fourth-order valence-electron chi connectivity index (χ4n) is 0.344. The van der Waals surface area contributed by atoms with Crippen molar-refractivity contribution < 1.29 is 4.39 Å². The molecule has 0 aliphatic rings. The molecule has 0 unspecified atom stereocenters. The second-order valence-electron chi connectivity index (χ2n) is 1.40. The smallest absolute Gasteiger partial charge is 0.0894 e. The second-order valence-corrected chi connectivity index (χ2v) is 1.40.